The third-order valence-corrected chi connectivity index (χ3v) is 5.19. The highest BCUT2D eigenvalue weighted by Gasteiger charge is 2.44. The zero-order valence-corrected chi connectivity index (χ0v) is 15.9. The van der Waals surface area contributed by atoms with E-state index >= 15 is 4.39 Å². The zero-order valence-electron chi connectivity index (χ0n) is 15.9. The first kappa shape index (κ1) is 18.7. The van der Waals surface area contributed by atoms with Crippen LogP contribution in [0, 0.1) is 11.7 Å². The number of halogens is 2. The van der Waals surface area contributed by atoms with Gasteiger partial charge in [0.1, 0.15) is 11.5 Å². The second-order valence-corrected chi connectivity index (χ2v) is 7.83. The van der Waals surface area contributed by atoms with E-state index in [0.29, 0.717) is 35.5 Å². The minimum atomic E-state index is -1.72. The summed E-state index contributed by atoms with van der Waals surface area (Å²) in [5.74, 6) is 0.0878. The smallest absolute Gasteiger partial charge is 0.181 e. The third-order valence-electron chi connectivity index (χ3n) is 5.19. The molecule has 1 aliphatic heterocycles. The summed E-state index contributed by atoms with van der Waals surface area (Å²) in [6.45, 7) is 4.33. The lowest BCUT2D eigenvalue weighted by Crippen LogP contribution is -2.55. The van der Waals surface area contributed by atoms with Gasteiger partial charge in [0.05, 0.1) is 18.3 Å². The van der Waals surface area contributed by atoms with Crippen LogP contribution in [0.2, 0.25) is 0 Å². The topological polar surface area (TPSA) is 77.9 Å². The number of fused-ring (bicyclic) bond motifs is 1. The Morgan fingerprint density at radius 2 is 2.21 bits per heavy atom. The number of aromatic amines is 1. The quantitative estimate of drug-likeness (QED) is 0.703. The Hall–Kier alpha value is -2.61. The summed E-state index contributed by atoms with van der Waals surface area (Å²) in [6.07, 6.45) is 1.17. The number of pyridine rings is 2. The van der Waals surface area contributed by atoms with Crippen LogP contribution >= 0.6 is 0 Å². The lowest BCUT2D eigenvalue weighted by atomic mass is 9.84. The molecule has 0 amide bonds. The maximum absolute atomic E-state index is 15.4. The van der Waals surface area contributed by atoms with Gasteiger partial charge < -0.3 is 10.0 Å². The number of nitrogens with one attached hydrogen (secondary N) is 1. The maximum atomic E-state index is 15.4. The van der Waals surface area contributed by atoms with Crippen molar-refractivity contribution in [3.63, 3.8) is 0 Å². The highest BCUT2D eigenvalue weighted by molar-refractivity contribution is 5.89. The molecule has 2 atom stereocenters. The standard InChI is InChI=1S/C20H23F2N5O.2H2/c1-12(2)10-20(22)11-27(9-7-15(20)28)16-6-5-14(21)18(24-16)17-13-4-3-8-23-19(13)26-25-17;;/h3-6,8,12,15,28H,7,9-11H2,1-2H3,(H,23,25,26);2*1H/t15?,20-;;/m1../s1. The molecule has 1 unspecified atom stereocenters. The van der Waals surface area contributed by atoms with E-state index in [2.05, 4.69) is 20.2 Å². The van der Waals surface area contributed by atoms with Gasteiger partial charge in [0.2, 0.25) is 0 Å². The predicted molar refractivity (Wildman–Crippen MR) is 107 cm³/mol. The predicted octanol–water partition coefficient (Wildman–Crippen LogP) is 3.98. The fourth-order valence-electron chi connectivity index (χ4n) is 3.93. The number of H-pyrrole nitrogens is 1. The molecule has 28 heavy (non-hydrogen) atoms. The average Bonchev–Trinajstić information content (AvgIpc) is 3.08. The van der Waals surface area contributed by atoms with Crippen molar-refractivity contribution in [2.24, 2.45) is 5.92 Å². The summed E-state index contributed by atoms with van der Waals surface area (Å²) < 4.78 is 29.9. The molecule has 0 saturated carbocycles. The third kappa shape index (κ3) is 3.32. The van der Waals surface area contributed by atoms with E-state index < -0.39 is 17.6 Å². The Morgan fingerprint density at radius 3 is 3.00 bits per heavy atom. The van der Waals surface area contributed by atoms with Gasteiger partial charge in [0.15, 0.2) is 17.1 Å². The van der Waals surface area contributed by atoms with Crippen molar-refractivity contribution in [1.29, 1.82) is 0 Å². The number of aliphatic hydroxyl groups is 1. The van der Waals surface area contributed by atoms with Gasteiger partial charge in [-0.05, 0) is 43.0 Å². The van der Waals surface area contributed by atoms with Crippen molar-refractivity contribution in [3.05, 3.63) is 36.3 Å². The molecular formula is C20H27F2N5O. The second-order valence-electron chi connectivity index (χ2n) is 7.83. The van der Waals surface area contributed by atoms with Crippen LogP contribution in [0.5, 0.6) is 0 Å². The molecule has 1 fully saturated rings. The van der Waals surface area contributed by atoms with Gasteiger partial charge in [-0.15, -0.1) is 0 Å². The molecule has 4 rings (SSSR count). The summed E-state index contributed by atoms with van der Waals surface area (Å²) in [7, 11) is 0. The van der Waals surface area contributed by atoms with Crippen molar-refractivity contribution in [2.75, 3.05) is 18.0 Å². The molecule has 4 heterocycles. The normalized spacial score (nSPS) is 22.9. The minimum Gasteiger partial charge on any atom is -0.390 e. The molecule has 0 spiro atoms. The van der Waals surface area contributed by atoms with E-state index in [1.807, 2.05) is 13.8 Å². The molecule has 3 aromatic heterocycles. The fraction of sp³-hybridized carbons (Fsp3) is 0.450. The van der Waals surface area contributed by atoms with Crippen molar-refractivity contribution in [1.82, 2.24) is 20.2 Å². The Kier molecular flexibility index (Phi) is 4.74. The first-order valence-electron chi connectivity index (χ1n) is 9.45. The number of alkyl halides is 1. The molecule has 2 N–H and O–H groups in total. The van der Waals surface area contributed by atoms with Crippen LogP contribution in [0.15, 0.2) is 30.5 Å². The summed E-state index contributed by atoms with van der Waals surface area (Å²) in [6, 6.07) is 6.41. The Balaban J connectivity index is 0.00000160. The van der Waals surface area contributed by atoms with Crippen LogP contribution in [0.4, 0.5) is 14.6 Å². The van der Waals surface area contributed by atoms with E-state index in [1.54, 1.807) is 29.3 Å². The number of rotatable bonds is 4. The molecule has 1 saturated heterocycles. The van der Waals surface area contributed by atoms with Gasteiger partial charge in [0, 0.05) is 21.0 Å². The van der Waals surface area contributed by atoms with E-state index in [9.17, 15) is 9.50 Å². The summed E-state index contributed by atoms with van der Waals surface area (Å²) in [5.41, 5.74) is -0.682. The highest BCUT2D eigenvalue weighted by Crippen LogP contribution is 2.35. The van der Waals surface area contributed by atoms with Gasteiger partial charge in [0.25, 0.3) is 0 Å². The highest BCUT2D eigenvalue weighted by atomic mass is 19.1. The van der Waals surface area contributed by atoms with Gasteiger partial charge in [-0.2, -0.15) is 5.10 Å². The Bertz CT molecular complexity index is 1000. The number of piperidine rings is 1. The molecular weight excluding hydrogens is 364 g/mol. The molecule has 6 nitrogen and oxygen atoms in total. The van der Waals surface area contributed by atoms with Crippen LogP contribution in [0.1, 0.15) is 29.5 Å². The molecule has 0 radical (unpaired) electrons. The molecule has 3 aromatic rings. The first-order valence-corrected chi connectivity index (χ1v) is 9.45. The van der Waals surface area contributed by atoms with Gasteiger partial charge >= 0.3 is 0 Å². The molecule has 152 valence electrons. The largest absolute Gasteiger partial charge is 0.390 e. The first-order chi connectivity index (χ1) is 13.4. The number of anilines is 1. The van der Waals surface area contributed by atoms with Crippen LogP contribution in [0.25, 0.3) is 22.4 Å². The number of nitrogens with zero attached hydrogens (tertiary/aromatic N) is 4. The lowest BCUT2D eigenvalue weighted by molar-refractivity contribution is -0.0340. The van der Waals surface area contributed by atoms with E-state index in [1.165, 1.54) is 6.07 Å². The second kappa shape index (κ2) is 7.09. The average molecular weight is 391 g/mol. The van der Waals surface area contributed by atoms with Crippen LogP contribution in [-0.2, 0) is 0 Å². The van der Waals surface area contributed by atoms with Crippen molar-refractivity contribution in [3.8, 4) is 11.4 Å². The summed E-state index contributed by atoms with van der Waals surface area (Å²) in [5, 5.41) is 17.8. The van der Waals surface area contributed by atoms with E-state index in [-0.39, 0.29) is 27.4 Å². The summed E-state index contributed by atoms with van der Waals surface area (Å²) >= 11 is 0. The molecule has 0 aliphatic carbocycles. The van der Waals surface area contributed by atoms with Crippen LogP contribution < -0.4 is 4.90 Å². The van der Waals surface area contributed by atoms with Crippen molar-refractivity contribution in [2.45, 2.75) is 38.5 Å². The minimum absolute atomic E-state index is 0. The Labute approximate surface area is 164 Å². The number of aromatic nitrogens is 4. The molecule has 0 bridgehead atoms. The van der Waals surface area contributed by atoms with Crippen LogP contribution in [0.3, 0.4) is 0 Å². The monoisotopic (exact) mass is 391 g/mol. The lowest BCUT2D eigenvalue weighted by Gasteiger charge is -2.42. The SMILES string of the molecule is CC(C)C[C@@]1(F)CN(c2ccc(F)c(-c3[nH]nc4ncccc34)n2)CCC1O.[HH].[HH]. The van der Waals surface area contributed by atoms with E-state index in [0.717, 1.165) is 0 Å². The van der Waals surface area contributed by atoms with Crippen LogP contribution in [-0.4, -0.2) is 50.1 Å². The maximum Gasteiger partial charge on any atom is 0.181 e. The molecule has 0 aromatic carbocycles. The Morgan fingerprint density at radius 1 is 1.39 bits per heavy atom. The number of aliphatic hydroxyl groups excluding tert-OH is 1. The number of hydrogen-bond acceptors (Lipinski definition) is 5. The molecule has 1 aliphatic rings. The molecule has 8 heteroatoms. The van der Waals surface area contributed by atoms with Gasteiger partial charge in [-0.3, -0.25) is 5.10 Å². The van der Waals surface area contributed by atoms with Crippen molar-refractivity contribution >= 4 is 16.9 Å². The van der Waals surface area contributed by atoms with E-state index in [4.69, 9.17) is 0 Å². The zero-order chi connectivity index (χ0) is 19.9. The number of hydrogen-bond donors (Lipinski definition) is 2. The summed E-state index contributed by atoms with van der Waals surface area (Å²) in [4.78, 5) is 10.4. The van der Waals surface area contributed by atoms with Gasteiger partial charge in [-0.1, -0.05) is 13.8 Å². The fourth-order valence-corrected chi connectivity index (χ4v) is 3.93. The van der Waals surface area contributed by atoms with Gasteiger partial charge in [-0.25, -0.2) is 18.7 Å². The van der Waals surface area contributed by atoms with Crippen molar-refractivity contribution < 1.29 is 16.7 Å².